The van der Waals surface area contributed by atoms with Crippen LogP contribution in [0.15, 0.2) is 30.3 Å². The van der Waals surface area contributed by atoms with Gasteiger partial charge in [-0.15, -0.1) is 0 Å². The molecule has 1 N–H and O–H groups in total. The number of hydrogen-bond acceptors (Lipinski definition) is 1. The van der Waals surface area contributed by atoms with Crippen molar-refractivity contribution >= 4 is 5.97 Å². The lowest BCUT2D eigenvalue weighted by molar-refractivity contribution is -0.137. The number of carboxylic acids is 1. The van der Waals surface area contributed by atoms with Gasteiger partial charge in [-0.3, -0.25) is 0 Å². The lowest BCUT2D eigenvalue weighted by Gasteiger charge is -2.12. The minimum atomic E-state index is -4.39. The van der Waals surface area contributed by atoms with Gasteiger partial charge in [-0.25, -0.2) is 4.79 Å². The van der Waals surface area contributed by atoms with Gasteiger partial charge in [0.05, 0.1) is 11.1 Å². The topological polar surface area (TPSA) is 42.2 Å². The van der Waals surface area contributed by atoms with E-state index in [0.29, 0.717) is 17.0 Å². The predicted octanol–water partition coefficient (Wildman–Crippen LogP) is 3.87. The first-order chi connectivity index (χ1) is 9.70. The van der Waals surface area contributed by atoms with Crippen molar-refractivity contribution in [2.75, 3.05) is 0 Å². The van der Waals surface area contributed by atoms with Crippen molar-refractivity contribution in [3.8, 4) is 0 Å². The Bertz CT molecular complexity index is 687. The molecule has 112 valence electrons. The van der Waals surface area contributed by atoms with Crippen LogP contribution in [0.3, 0.4) is 0 Å². The molecule has 0 saturated carbocycles. The molecule has 0 saturated heterocycles. The molecule has 0 spiro atoms. The van der Waals surface area contributed by atoms with Crippen molar-refractivity contribution in [2.45, 2.75) is 26.6 Å². The van der Waals surface area contributed by atoms with Crippen molar-refractivity contribution < 1.29 is 23.1 Å². The molecular formula is C15H14F3NO2. The number of benzene rings is 1. The van der Waals surface area contributed by atoms with Crippen LogP contribution in [-0.2, 0) is 12.7 Å². The second-order valence-electron chi connectivity index (χ2n) is 4.87. The summed E-state index contributed by atoms with van der Waals surface area (Å²) in [4.78, 5) is 11.1. The molecule has 0 bridgehead atoms. The zero-order chi connectivity index (χ0) is 15.8. The lowest BCUT2D eigenvalue weighted by atomic mass is 10.1. The lowest BCUT2D eigenvalue weighted by Crippen LogP contribution is -2.09. The average Bonchev–Trinajstić information content (AvgIpc) is 2.66. The van der Waals surface area contributed by atoms with Crippen molar-refractivity contribution in [1.82, 2.24) is 4.57 Å². The van der Waals surface area contributed by atoms with Gasteiger partial charge in [-0.05, 0) is 37.6 Å². The number of halogens is 3. The quantitative estimate of drug-likeness (QED) is 0.934. The third-order valence-corrected chi connectivity index (χ3v) is 3.40. The number of alkyl halides is 3. The largest absolute Gasteiger partial charge is 0.478 e. The zero-order valence-corrected chi connectivity index (χ0v) is 11.5. The molecule has 0 unspecified atom stereocenters. The molecule has 3 nitrogen and oxygen atoms in total. The van der Waals surface area contributed by atoms with Crippen LogP contribution in [0.5, 0.6) is 0 Å². The van der Waals surface area contributed by atoms with Crippen molar-refractivity contribution in [3.63, 3.8) is 0 Å². The SMILES string of the molecule is Cc1cc(C(=O)O)c(C)n1Cc1cccc(C(F)(F)F)c1. The van der Waals surface area contributed by atoms with E-state index in [0.717, 1.165) is 12.1 Å². The number of carbonyl (C=O) groups is 1. The first-order valence-corrected chi connectivity index (χ1v) is 6.26. The molecular weight excluding hydrogens is 283 g/mol. The van der Waals surface area contributed by atoms with E-state index >= 15 is 0 Å². The number of nitrogens with zero attached hydrogens (tertiary/aromatic N) is 1. The fourth-order valence-corrected chi connectivity index (χ4v) is 2.29. The third kappa shape index (κ3) is 3.09. The minimum Gasteiger partial charge on any atom is -0.478 e. The van der Waals surface area contributed by atoms with Gasteiger partial charge in [0.15, 0.2) is 0 Å². The molecule has 21 heavy (non-hydrogen) atoms. The van der Waals surface area contributed by atoms with Crippen LogP contribution in [0.2, 0.25) is 0 Å². The van der Waals surface area contributed by atoms with Gasteiger partial charge in [0.1, 0.15) is 0 Å². The first-order valence-electron chi connectivity index (χ1n) is 6.26. The van der Waals surface area contributed by atoms with E-state index in [4.69, 9.17) is 5.11 Å². The Morgan fingerprint density at radius 3 is 2.43 bits per heavy atom. The number of rotatable bonds is 3. The summed E-state index contributed by atoms with van der Waals surface area (Å²) in [5.41, 5.74) is 1.16. The molecule has 2 aromatic rings. The highest BCUT2D eigenvalue weighted by molar-refractivity contribution is 5.89. The fourth-order valence-electron chi connectivity index (χ4n) is 2.29. The molecule has 0 aliphatic rings. The summed E-state index contributed by atoms with van der Waals surface area (Å²) in [6.07, 6.45) is -4.39. The molecule has 1 aromatic carbocycles. The van der Waals surface area contributed by atoms with Crippen LogP contribution in [0.25, 0.3) is 0 Å². The van der Waals surface area contributed by atoms with Crippen molar-refractivity contribution in [3.05, 3.63) is 58.4 Å². The van der Waals surface area contributed by atoms with Crippen LogP contribution in [-0.4, -0.2) is 15.6 Å². The molecule has 0 radical (unpaired) electrons. The van der Waals surface area contributed by atoms with Gasteiger partial charge in [0, 0.05) is 17.9 Å². The maximum atomic E-state index is 12.7. The second-order valence-corrected chi connectivity index (χ2v) is 4.87. The molecule has 0 amide bonds. The molecule has 1 aromatic heterocycles. The van der Waals surface area contributed by atoms with Crippen LogP contribution in [0.1, 0.15) is 32.9 Å². The Morgan fingerprint density at radius 1 is 1.24 bits per heavy atom. The summed E-state index contributed by atoms with van der Waals surface area (Å²) in [7, 11) is 0. The molecule has 1 heterocycles. The standard InChI is InChI=1S/C15H14F3NO2/c1-9-6-13(14(20)21)10(2)19(9)8-11-4-3-5-12(7-11)15(16,17)18/h3-7H,8H2,1-2H3,(H,20,21). The molecule has 0 aliphatic carbocycles. The molecule has 2 rings (SSSR count). The Kier molecular flexibility index (Phi) is 3.80. The maximum absolute atomic E-state index is 12.7. The Balaban J connectivity index is 2.37. The number of aromatic carboxylic acids is 1. The summed E-state index contributed by atoms with van der Waals surface area (Å²) in [5, 5.41) is 9.06. The summed E-state index contributed by atoms with van der Waals surface area (Å²) in [6, 6.07) is 6.56. The Hall–Kier alpha value is -2.24. The predicted molar refractivity (Wildman–Crippen MR) is 71.4 cm³/mol. The van der Waals surface area contributed by atoms with E-state index in [1.807, 2.05) is 0 Å². The fraction of sp³-hybridized carbons (Fsp3) is 0.267. The van der Waals surface area contributed by atoms with E-state index in [2.05, 4.69) is 0 Å². The van der Waals surface area contributed by atoms with Gasteiger partial charge >= 0.3 is 12.1 Å². The summed E-state index contributed by atoms with van der Waals surface area (Å²) in [5.74, 6) is -1.04. The van der Waals surface area contributed by atoms with Gasteiger partial charge < -0.3 is 9.67 Å². The second kappa shape index (κ2) is 5.27. The van der Waals surface area contributed by atoms with E-state index in [9.17, 15) is 18.0 Å². The zero-order valence-electron chi connectivity index (χ0n) is 11.5. The minimum absolute atomic E-state index is 0.166. The van der Waals surface area contributed by atoms with Crippen molar-refractivity contribution in [2.24, 2.45) is 0 Å². The molecule has 0 fully saturated rings. The van der Waals surface area contributed by atoms with Crippen LogP contribution in [0.4, 0.5) is 13.2 Å². The Labute approximate surface area is 119 Å². The average molecular weight is 297 g/mol. The maximum Gasteiger partial charge on any atom is 0.416 e. The highest BCUT2D eigenvalue weighted by atomic mass is 19.4. The van der Waals surface area contributed by atoms with Gasteiger partial charge in [-0.1, -0.05) is 12.1 Å². The van der Waals surface area contributed by atoms with Crippen molar-refractivity contribution in [1.29, 1.82) is 0 Å². The number of carboxylic acid groups (broad SMARTS) is 1. The van der Waals surface area contributed by atoms with Gasteiger partial charge in [0.2, 0.25) is 0 Å². The van der Waals surface area contributed by atoms with Crippen LogP contribution in [0, 0.1) is 13.8 Å². The normalized spacial score (nSPS) is 11.7. The molecule has 0 atom stereocenters. The number of hydrogen-bond donors (Lipinski definition) is 1. The number of aromatic nitrogens is 1. The van der Waals surface area contributed by atoms with E-state index in [-0.39, 0.29) is 12.1 Å². The van der Waals surface area contributed by atoms with Crippen LogP contribution >= 0.6 is 0 Å². The van der Waals surface area contributed by atoms with Gasteiger partial charge in [0.25, 0.3) is 0 Å². The van der Waals surface area contributed by atoms with Gasteiger partial charge in [-0.2, -0.15) is 13.2 Å². The van der Waals surface area contributed by atoms with E-state index < -0.39 is 17.7 Å². The van der Waals surface area contributed by atoms with E-state index in [1.165, 1.54) is 12.1 Å². The first kappa shape index (κ1) is 15.2. The number of aryl methyl sites for hydroxylation is 1. The summed E-state index contributed by atoms with van der Waals surface area (Å²) >= 11 is 0. The smallest absolute Gasteiger partial charge is 0.416 e. The molecule has 0 aliphatic heterocycles. The molecule has 6 heteroatoms. The van der Waals surface area contributed by atoms with Crippen LogP contribution < -0.4 is 0 Å². The summed E-state index contributed by atoms with van der Waals surface area (Å²) in [6.45, 7) is 3.58. The monoisotopic (exact) mass is 297 g/mol. The summed E-state index contributed by atoms with van der Waals surface area (Å²) < 4.78 is 39.8. The van der Waals surface area contributed by atoms with E-state index in [1.54, 1.807) is 24.5 Å². The third-order valence-electron chi connectivity index (χ3n) is 3.40. The Morgan fingerprint density at radius 2 is 1.90 bits per heavy atom. The highest BCUT2D eigenvalue weighted by Gasteiger charge is 2.30. The highest BCUT2D eigenvalue weighted by Crippen LogP contribution is 2.30.